The predicted molar refractivity (Wildman–Crippen MR) is 62.2 cm³/mol. The molecule has 0 radical (unpaired) electrons. The van der Waals surface area contributed by atoms with Gasteiger partial charge >= 0.3 is 0 Å². The molecule has 0 unspecified atom stereocenters. The van der Waals surface area contributed by atoms with E-state index in [2.05, 4.69) is 5.32 Å². The Morgan fingerprint density at radius 1 is 1.40 bits per heavy atom. The number of sulfone groups is 1. The van der Waals surface area contributed by atoms with Crippen LogP contribution in [0, 0.1) is 0 Å². The lowest BCUT2D eigenvalue weighted by atomic mass is 10.1. The average Bonchev–Trinajstić information content (AvgIpc) is 2.14. The van der Waals surface area contributed by atoms with Gasteiger partial charge in [-0.1, -0.05) is 17.7 Å². The number of likely N-dealkylation sites (N-methyl/N-ethyl adjacent to an activating group) is 1. The number of halogens is 1. The van der Waals surface area contributed by atoms with Crippen molar-refractivity contribution < 1.29 is 8.42 Å². The second-order valence-corrected chi connectivity index (χ2v) is 5.73. The Labute approximate surface area is 95.4 Å². The fourth-order valence-corrected chi connectivity index (χ4v) is 2.69. The standard InChI is InChI=1S/C10H14ClNO2S/c1-12-7-6-8-9(11)4-3-5-10(8)15(2,13)14/h3-5,12H,6-7H2,1-2H3. The molecular weight excluding hydrogens is 234 g/mol. The molecule has 1 aromatic rings. The second-order valence-electron chi connectivity index (χ2n) is 3.34. The minimum absolute atomic E-state index is 0.324. The van der Waals surface area contributed by atoms with Gasteiger partial charge in [-0.15, -0.1) is 0 Å². The van der Waals surface area contributed by atoms with Crippen LogP contribution in [0.15, 0.2) is 23.1 Å². The minimum Gasteiger partial charge on any atom is -0.319 e. The maximum Gasteiger partial charge on any atom is 0.175 e. The van der Waals surface area contributed by atoms with Crippen LogP contribution >= 0.6 is 11.6 Å². The number of nitrogens with one attached hydrogen (secondary N) is 1. The van der Waals surface area contributed by atoms with Crippen molar-refractivity contribution in [1.82, 2.24) is 5.32 Å². The molecule has 0 aliphatic carbocycles. The lowest BCUT2D eigenvalue weighted by Crippen LogP contribution is -2.13. The maximum absolute atomic E-state index is 11.5. The Morgan fingerprint density at radius 3 is 2.60 bits per heavy atom. The third-order valence-corrected chi connectivity index (χ3v) is 3.64. The summed E-state index contributed by atoms with van der Waals surface area (Å²) in [4.78, 5) is 0.324. The predicted octanol–water partition coefficient (Wildman–Crippen LogP) is 1.51. The van der Waals surface area contributed by atoms with Crippen LogP contribution in [0.5, 0.6) is 0 Å². The summed E-state index contributed by atoms with van der Waals surface area (Å²) in [5, 5.41) is 3.48. The molecule has 15 heavy (non-hydrogen) atoms. The molecule has 0 saturated carbocycles. The van der Waals surface area contributed by atoms with E-state index in [4.69, 9.17) is 11.6 Å². The largest absolute Gasteiger partial charge is 0.319 e. The highest BCUT2D eigenvalue weighted by Crippen LogP contribution is 2.24. The monoisotopic (exact) mass is 247 g/mol. The van der Waals surface area contributed by atoms with Crippen LogP contribution < -0.4 is 5.32 Å². The number of hydrogen-bond donors (Lipinski definition) is 1. The molecule has 0 fully saturated rings. The fraction of sp³-hybridized carbons (Fsp3) is 0.400. The molecule has 1 aromatic carbocycles. The van der Waals surface area contributed by atoms with Gasteiger partial charge in [0, 0.05) is 11.3 Å². The third kappa shape index (κ3) is 3.19. The third-order valence-electron chi connectivity index (χ3n) is 2.10. The van der Waals surface area contributed by atoms with E-state index in [-0.39, 0.29) is 0 Å². The molecular formula is C10H14ClNO2S. The van der Waals surface area contributed by atoms with Crippen molar-refractivity contribution >= 4 is 21.4 Å². The molecule has 0 bridgehead atoms. The van der Waals surface area contributed by atoms with Gasteiger partial charge in [-0.25, -0.2) is 8.42 Å². The number of rotatable bonds is 4. The van der Waals surface area contributed by atoms with Gasteiger partial charge in [0.15, 0.2) is 9.84 Å². The molecule has 0 saturated heterocycles. The van der Waals surface area contributed by atoms with Crippen molar-refractivity contribution in [3.63, 3.8) is 0 Å². The molecule has 0 aromatic heterocycles. The van der Waals surface area contributed by atoms with Crippen LogP contribution in [0.25, 0.3) is 0 Å². The highest BCUT2D eigenvalue weighted by Gasteiger charge is 2.14. The highest BCUT2D eigenvalue weighted by molar-refractivity contribution is 7.90. The first-order valence-electron chi connectivity index (χ1n) is 4.59. The lowest BCUT2D eigenvalue weighted by molar-refractivity contribution is 0.600. The quantitative estimate of drug-likeness (QED) is 0.877. The van der Waals surface area contributed by atoms with Gasteiger partial charge in [-0.05, 0) is 37.7 Å². The summed E-state index contributed by atoms with van der Waals surface area (Å²) in [5.41, 5.74) is 0.691. The summed E-state index contributed by atoms with van der Waals surface area (Å²) in [6, 6.07) is 4.95. The van der Waals surface area contributed by atoms with E-state index in [9.17, 15) is 8.42 Å². The van der Waals surface area contributed by atoms with E-state index in [1.54, 1.807) is 18.2 Å². The van der Waals surface area contributed by atoms with Crippen molar-refractivity contribution in [2.45, 2.75) is 11.3 Å². The highest BCUT2D eigenvalue weighted by atomic mass is 35.5. The molecule has 0 amide bonds. The molecule has 1 N–H and O–H groups in total. The van der Waals surface area contributed by atoms with Crippen molar-refractivity contribution in [1.29, 1.82) is 0 Å². The topological polar surface area (TPSA) is 46.2 Å². The Balaban J connectivity index is 3.21. The molecule has 0 spiro atoms. The molecule has 0 heterocycles. The zero-order valence-electron chi connectivity index (χ0n) is 8.75. The SMILES string of the molecule is CNCCc1c(Cl)cccc1S(C)(=O)=O. The molecule has 0 aliphatic heterocycles. The van der Waals surface area contributed by atoms with Crippen LogP contribution in [0.3, 0.4) is 0 Å². The summed E-state index contributed by atoms with van der Waals surface area (Å²) in [5.74, 6) is 0. The van der Waals surface area contributed by atoms with Gasteiger partial charge in [0.1, 0.15) is 0 Å². The van der Waals surface area contributed by atoms with E-state index < -0.39 is 9.84 Å². The van der Waals surface area contributed by atoms with Crippen LogP contribution in [-0.2, 0) is 16.3 Å². The van der Waals surface area contributed by atoms with E-state index in [0.717, 1.165) is 0 Å². The van der Waals surface area contributed by atoms with E-state index in [0.29, 0.717) is 28.4 Å². The zero-order chi connectivity index (χ0) is 11.5. The van der Waals surface area contributed by atoms with E-state index >= 15 is 0 Å². The van der Waals surface area contributed by atoms with E-state index in [1.165, 1.54) is 6.26 Å². The summed E-state index contributed by atoms with van der Waals surface area (Å²) in [7, 11) is -1.38. The van der Waals surface area contributed by atoms with Gasteiger partial charge in [-0.2, -0.15) is 0 Å². The minimum atomic E-state index is -3.20. The molecule has 3 nitrogen and oxygen atoms in total. The second kappa shape index (κ2) is 4.96. The van der Waals surface area contributed by atoms with Crippen molar-refractivity contribution in [3.8, 4) is 0 Å². The molecule has 0 aliphatic rings. The van der Waals surface area contributed by atoms with Gasteiger partial charge in [0.05, 0.1) is 4.90 Å². The smallest absolute Gasteiger partial charge is 0.175 e. The van der Waals surface area contributed by atoms with E-state index in [1.807, 2.05) is 7.05 Å². The first-order chi connectivity index (χ1) is 6.96. The Bertz CT molecular complexity index is 443. The molecule has 84 valence electrons. The van der Waals surface area contributed by atoms with Crippen LogP contribution in [0.4, 0.5) is 0 Å². The summed E-state index contributed by atoms with van der Waals surface area (Å²) < 4.78 is 23.0. The Morgan fingerprint density at radius 2 is 2.07 bits per heavy atom. The van der Waals surface area contributed by atoms with Gasteiger partial charge < -0.3 is 5.32 Å². The first kappa shape index (κ1) is 12.5. The van der Waals surface area contributed by atoms with Crippen molar-refractivity contribution in [2.24, 2.45) is 0 Å². The number of benzene rings is 1. The number of hydrogen-bond acceptors (Lipinski definition) is 3. The summed E-state index contributed by atoms with van der Waals surface area (Å²) in [6.45, 7) is 0.701. The maximum atomic E-state index is 11.5. The van der Waals surface area contributed by atoms with Gasteiger partial charge in [0.2, 0.25) is 0 Å². The Hall–Kier alpha value is -0.580. The van der Waals surface area contributed by atoms with Crippen LogP contribution in [0.1, 0.15) is 5.56 Å². The first-order valence-corrected chi connectivity index (χ1v) is 6.86. The lowest BCUT2D eigenvalue weighted by Gasteiger charge is -2.09. The molecule has 5 heteroatoms. The van der Waals surface area contributed by atoms with Crippen molar-refractivity contribution in [2.75, 3.05) is 19.8 Å². The zero-order valence-corrected chi connectivity index (χ0v) is 10.3. The van der Waals surface area contributed by atoms with Crippen LogP contribution in [-0.4, -0.2) is 28.3 Å². The molecule has 0 atom stereocenters. The summed E-state index contributed by atoms with van der Waals surface area (Å²) >= 11 is 5.98. The van der Waals surface area contributed by atoms with Gasteiger partial charge in [0.25, 0.3) is 0 Å². The van der Waals surface area contributed by atoms with Crippen LogP contribution in [0.2, 0.25) is 5.02 Å². The molecule has 1 rings (SSSR count). The summed E-state index contributed by atoms with van der Waals surface area (Å²) in [6.07, 6.45) is 1.81. The van der Waals surface area contributed by atoms with Gasteiger partial charge in [-0.3, -0.25) is 0 Å². The Kier molecular flexibility index (Phi) is 4.13. The normalized spacial score (nSPS) is 11.7. The van der Waals surface area contributed by atoms with Crippen molar-refractivity contribution in [3.05, 3.63) is 28.8 Å². The fourth-order valence-electron chi connectivity index (χ4n) is 1.38. The average molecular weight is 248 g/mol.